The third kappa shape index (κ3) is 4.95. The van der Waals surface area contributed by atoms with Crippen LogP contribution in [0.15, 0.2) is 0 Å². The first-order valence-corrected chi connectivity index (χ1v) is 9.22. The Balaban J connectivity index is 3.08. The van der Waals surface area contributed by atoms with E-state index in [1.165, 1.54) is 6.42 Å². The number of amides is 1. The summed E-state index contributed by atoms with van der Waals surface area (Å²) in [6.07, 6.45) is 9.37. The summed E-state index contributed by atoms with van der Waals surface area (Å²) in [5.41, 5.74) is -1.47. The van der Waals surface area contributed by atoms with Gasteiger partial charge in [-0.2, -0.15) is 0 Å². The van der Waals surface area contributed by atoms with Crippen molar-refractivity contribution >= 4 is 12.4 Å². The van der Waals surface area contributed by atoms with Crippen molar-refractivity contribution in [2.45, 2.75) is 104 Å². The van der Waals surface area contributed by atoms with Crippen LogP contribution in [0, 0.1) is 5.41 Å². The molecule has 0 heterocycles. The quantitative estimate of drug-likeness (QED) is 0.670. The molecule has 4 heteroatoms. The molecule has 0 bridgehead atoms. The highest BCUT2D eigenvalue weighted by atomic mass is 16.6. The van der Waals surface area contributed by atoms with E-state index in [1.807, 2.05) is 20.8 Å². The van der Waals surface area contributed by atoms with Crippen molar-refractivity contribution in [3.63, 3.8) is 0 Å². The van der Waals surface area contributed by atoms with Crippen molar-refractivity contribution < 1.29 is 14.3 Å². The number of ether oxygens (including phenoxy) is 1. The molecule has 0 spiro atoms. The van der Waals surface area contributed by atoms with Crippen LogP contribution in [0.2, 0.25) is 0 Å². The van der Waals surface area contributed by atoms with Crippen molar-refractivity contribution in [1.82, 2.24) is 5.32 Å². The van der Waals surface area contributed by atoms with Gasteiger partial charge in [-0.05, 0) is 46.5 Å². The zero-order chi connectivity index (χ0) is 17.6. The van der Waals surface area contributed by atoms with Crippen molar-refractivity contribution in [1.29, 1.82) is 0 Å². The van der Waals surface area contributed by atoms with Gasteiger partial charge in [-0.25, -0.2) is 4.79 Å². The smallest absolute Gasteiger partial charge is 0.408 e. The standard InChI is InChI=1S/C19H35NO3/c1-6-8-12-18(7-2,15-21)19(13-10-9-11-14-19)20-16(22)23-17(3,4)5/h15H,6-14H2,1-5H3,(H,20,22). The first-order valence-electron chi connectivity index (χ1n) is 9.22. The van der Waals surface area contributed by atoms with Gasteiger partial charge < -0.3 is 14.8 Å². The van der Waals surface area contributed by atoms with Crippen LogP contribution in [0.4, 0.5) is 4.79 Å². The van der Waals surface area contributed by atoms with Crippen LogP contribution < -0.4 is 5.32 Å². The van der Waals surface area contributed by atoms with Crippen LogP contribution in [0.25, 0.3) is 0 Å². The molecule has 0 aromatic carbocycles. The van der Waals surface area contributed by atoms with Crippen molar-refractivity contribution in [2.24, 2.45) is 5.41 Å². The van der Waals surface area contributed by atoms with Gasteiger partial charge in [-0.15, -0.1) is 0 Å². The van der Waals surface area contributed by atoms with E-state index in [4.69, 9.17) is 4.74 Å². The van der Waals surface area contributed by atoms with Gasteiger partial charge in [-0.1, -0.05) is 46.0 Å². The molecule has 1 fully saturated rings. The lowest BCUT2D eigenvalue weighted by Gasteiger charge is -2.50. The predicted octanol–water partition coefficient (Wildman–Crippen LogP) is 5.00. The minimum atomic E-state index is -0.528. The summed E-state index contributed by atoms with van der Waals surface area (Å²) in [6.45, 7) is 9.80. The molecule has 0 aliphatic heterocycles. The maximum absolute atomic E-state index is 12.4. The van der Waals surface area contributed by atoms with Gasteiger partial charge in [0.25, 0.3) is 0 Å². The van der Waals surface area contributed by atoms with Crippen LogP contribution in [-0.2, 0) is 9.53 Å². The molecule has 0 aromatic heterocycles. The van der Waals surface area contributed by atoms with Crippen molar-refractivity contribution in [2.75, 3.05) is 0 Å². The zero-order valence-electron chi connectivity index (χ0n) is 15.7. The summed E-state index contributed by atoms with van der Waals surface area (Å²) in [5, 5.41) is 3.15. The van der Waals surface area contributed by atoms with Crippen LogP contribution in [-0.4, -0.2) is 23.5 Å². The molecular formula is C19H35NO3. The SMILES string of the molecule is CCCCC(C=O)(CC)C1(NC(=O)OC(C)(C)C)CCCCC1. The molecular weight excluding hydrogens is 290 g/mol. The molecule has 0 saturated heterocycles. The number of carbonyl (C=O) groups is 2. The molecule has 1 rings (SSSR count). The fraction of sp³-hybridized carbons (Fsp3) is 0.895. The number of carbonyl (C=O) groups excluding carboxylic acids is 2. The summed E-state index contributed by atoms with van der Waals surface area (Å²) in [5.74, 6) is 0. The Hall–Kier alpha value is -1.06. The highest BCUT2D eigenvalue weighted by molar-refractivity contribution is 5.72. The molecule has 0 radical (unpaired) electrons. The Morgan fingerprint density at radius 2 is 1.78 bits per heavy atom. The molecule has 1 amide bonds. The van der Waals surface area contributed by atoms with E-state index in [-0.39, 0.29) is 0 Å². The number of rotatable bonds is 7. The summed E-state index contributed by atoms with van der Waals surface area (Å²) < 4.78 is 5.49. The van der Waals surface area contributed by atoms with Gasteiger partial charge in [0, 0.05) is 5.41 Å². The Bertz CT molecular complexity index is 394. The maximum atomic E-state index is 12.4. The minimum absolute atomic E-state index is 0.393. The lowest BCUT2D eigenvalue weighted by atomic mass is 9.60. The Morgan fingerprint density at radius 1 is 1.17 bits per heavy atom. The van der Waals surface area contributed by atoms with Crippen molar-refractivity contribution in [3.8, 4) is 0 Å². The van der Waals surface area contributed by atoms with E-state index in [0.29, 0.717) is 0 Å². The molecule has 1 atom stereocenters. The summed E-state index contributed by atoms with van der Waals surface area (Å²) in [6, 6.07) is 0. The molecule has 0 aromatic rings. The maximum Gasteiger partial charge on any atom is 0.408 e. The summed E-state index contributed by atoms with van der Waals surface area (Å²) >= 11 is 0. The van der Waals surface area contributed by atoms with E-state index in [1.54, 1.807) is 0 Å². The zero-order valence-corrected chi connectivity index (χ0v) is 15.7. The van der Waals surface area contributed by atoms with Gasteiger partial charge in [0.05, 0.1) is 5.54 Å². The summed E-state index contributed by atoms with van der Waals surface area (Å²) in [4.78, 5) is 24.6. The average molecular weight is 325 g/mol. The number of hydrogen-bond donors (Lipinski definition) is 1. The Morgan fingerprint density at radius 3 is 2.22 bits per heavy atom. The molecule has 1 N–H and O–H groups in total. The first kappa shape index (κ1) is 20.0. The highest BCUT2D eigenvalue weighted by Gasteiger charge is 2.51. The van der Waals surface area contributed by atoms with Crippen LogP contribution in [0.1, 0.15) is 92.4 Å². The normalized spacial score (nSPS) is 20.4. The molecule has 1 aliphatic carbocycles. The molecule has 1 saturated carbocycles. The average Bonchev–Trinajstić information content (AvgIpc) is 2.47. The molecule has 23 heavy (non-hydrogen) atoms. The topological polar surface area (TPSA) is 55.4 Å². The van der Waals surface area contributed by atoms with Crippen LogP contribution in [0.3, 0.4) is 0 Å². The lowest BCUT2D eigenvalue weighted by Crippen LogP contribution is -2.62. The first-order chi connectivity index (χ1) is 10.7. The molecule has 134 valence electrons. The number of unbranched alkanes of at least 4 members (excludes halogenated alkanes) is 1. The van der Waals surface area contributed by atoms with Crippen molar-refractivity contribution in [3.05, 3.63) is 0 Å². The van der Waals surface area contributed by atoms with Crippen LogP contribution in [0.5, 0.6) is 0 Å². The second-order valence-corrected chi connectivity index (χ2v) is 8.00. The lowest BCUT2D eigenvalue weighted by molar-refractivity contribution is -0.123. The second kappa shape index (κ2) is 8.16. The molecule has 1 aliphatic rings. The largest absolute Gasteiger partial charge is 0.444 e. The number of nitrogens with one attached hydrogen (secondary N) is 1. The van der Waals surface area contributed by atoms with Crippen LogP contribution >= 0.6 is 0 Å². The van der Waals surface area contributed by atoms with E-state index in [9.17, 15) is 9.59 Å². The third-order valence-electron chi connectivity index (χ3n) is 5.23. The van der Waals surface area contributed by atoms with Gasteiger partial charge in [0.2, 0.25) is 0 Å². The van der Waals surface area contributed by atoms with E-state index in [2.05, 4.69) is 19.2 Å². The van der Waals surface area contributed by atoms with Gasteiger partial charge >= 0.3 is 6.09 Å². The fourth-order valence-corrected chi connectivity index (χ4v) is 3.90. The molecule has 1 unspecified atom stereocenters. The van der Waals surface area contributed by atoms with Gasteiger partial charge in [0.1, 0.15) is 11.9 Å². The van der Waals surface area contributed by atoms with Gasteiger partial charge in [0.15, 0.2) is 0 Å². The minimum Gasteiger partial charge on any atom is -0.444 e. The predicted molar refractivity (Wildman–Crippen MR) is 93.5 cm³/mol. The summed E-state index contributed by atoms with van der Waals surface area (Å²) in [7, 11) is 0. The van der Waals surface area contributed by atoms with Gasteiger partial charge in [-0.3, -0.25) is 0 Å². The third-order valence-corrected chi connectivity index (χ3v) is 5.23. The van der Waals surface area contributed by atoms with E-state index in [0.717, 1.165) is 57.7 Å². The second-order valence-electron chi connectivity index (χ2n) is 8.00. The fourth-order valence-electron chi connectivity index (χ4n) is 3.90. The molecule has 4 nitrogen and oxygen atoms in total. The number of hydrogen-bond acceptors (Lipinski definition) is 3. The highest BCUT2D eigenvalue weighted by Crippen LogP contribution is 2.46. The van der Waals surface area contributed by atoms with E-state index < -0.39 is 22.6 Å². The Labute approximate surface area is 141 Å². The monoisotopic (exact) mass is 325 g/mol. The van der Waals surface area contributed by atoms with E-state index >= 15 is 0 Å². The number of alkyl carbamates (subject to hydrolysis) is 1. The Kier molecular flexibility index (Phi) is 7.09. The number of aldehydes is 1.